The molecule has 0 heterocycles. The molecule has 0 aliphatic heterocycles. The average Bonchev–Trinajstić information content (AvgIpc) is 2.34. The van der Waals surface area contributed by atoms with E-state index in [4.69, 9.17) is 14.4 Å². The molecule has 1 aromatic carbocycles. The molecule has 1 unspecified atom stereocenters. The number of hydrogen-bond acceptors (Lipinski definition) is 3. The fourth-order valence-corrected chi connectivity index (χ4v) is 1.59. The summed E-state index contributed by atoms with van der Waals surface area (Å²) in [6, 6.07) is 7.25. The molecule has 94 valence electrons. The number of nitrogens with zero attached hydrogens (tertiary/aromatic N) is 1. The van der Waals surface area contributed by atoms with Crippen molar-refractivity contribution >= 4 is 17.3 Å². The lowest BCUT2D eigenvalue weighted by Crippen LogP contribution is -2.22. The van der Waals surface area contributed by atoms with Crippen LogP contribution in [0.25, 0.3) is 6.08 Å². The van der Waals surface area contributed by atoms with E-state index in [1.165, 1.54) is 6.20 Å². The molecule has 1 atom stereocenters. The van der Waals surface area contributed by atoms with Gasteiger partial charge in [0.15, 0.2) is 0 Å². The molecule has 0 spiro atoms. The Kier molecular flexibility index (Phi) is 5.68. The van der Waals surface area contributed by atoms with Crippen LogP contribution in [0.3, 0.4) is 0 Å². The van der Waals surface area contributed by atoms with Crippen molar-refractivity contribution in [2.45, 2.75) is 0 Å². The van der Waals surface area contributed by atoms with Crippen LogP contribution in [0.2, 0.25) is 0 Å². The molecule has 0 bridgehead atoms. The van der Waals surface area contributed by atoms with E-state index in [0.29, 0.717) is 0 Å². The van der Waals surface area contributed by atoms with Crippen molar-refractivity contribution in [3.63, 3.8) is 0 Å². The molecule has 0 aliphatic rings. The van der Waals surface area contributed by atoms with Gasteiger partial charge in [0.1, 0.15) is 5.75 Å². The molecule has 17 heavy (non-hydrogen) atoms. The van der Waals surface area contributed by atoms with E-state index < -0.39 is 11.3 Å². The summed E-state index contributed by atoms with van der Waals surface area (Å²) in [5.74, 6) is 0.750. The fraction of sp³-hybridized carbons (Fsp3) is 0.273. The molecule has 2 N–H and O–H groups in total. The first-order valence-corrected chi connectivity index (χ1v) is 6.04. The average molecular weight is 257 g/mol. The summed E-state index contributed by atoms with van der Waals surface area (Å²) < 4.78 is 25.9. The predicted octanol–water partition coefficient (Wildman–Crippen LogP) is 1.10. The number of aliphatic hydroxyl groups excluding tert-OH is 1. The molecule has 0 saturated heterocycles. The van der Waals surface area contributed by atoms with E-state index in [-0.39, 0.29) is 13.2 Å². The highest BCUT2D eigenvalue weighted by atomic mass is 32.2. The maximum absolute atomic E-state index is 10.9. The summed E-state index contributed by atoms with van der Waals surface area (Å²) >= 11 is -2.12. The summed E-state index contributed by atoms with van der Waals surface area (Å²) in [5, 5.41) is 8.71. The van der Waals surface area contributed by atoms with Crippen LogP contribution >= 0.6 is 0 Å². The van der Waals surface area contributed by atoms with E-state index in [1.807, 2.05) is 12.1 Å². The van der Waals surface area contributed by atoms with Gasteiger partial charge in [-0.25, -0.2) is 4.21 Å². The van der Waals surface area contributed by atoms with Crippen LogP contribution in [0, 0.1) is 0 Å². The van der Waals surface area contributed by atoms with Crippen LogP contribution in [-0.2, 0) is 11.3 Å². The van der Waals surface area contributed by atoms with E-state index in [2.05, 4.69) is 0 Å². The zero-order chi connectivity index (χ0) is 12.7. The number of rotatable bonds is 6. The zero-order valence-electron chi connectivity index (χ0n) is 9.44. The van der Waals surface area contributed by atoms with Crippen LogP contribution in [0.15, 0.2) is 30.5 Å². The molecule has 0 fully saturated rings. The highest BCUT2D eigenvalue weighted by Gasteiger charge is 2.03. The summed E-state index contributed by atoms with van der Waals surface area (Å²) in [5.41, 5.74) is 0.874. The SMILES string of the molecule is COc1ccc(C=CN(CCO)S(=O)O)cc1. The quantitative estimate of drug-likeness (QED) is 0.749. The summed E-state index contributed by atoms with van der Waals surface area (Å²) in [6.07, 6.45) is 3.15. The Balaban J connectivity index is 2.70. The van der Waals surface area contributed by atoms with Gasteiger partial charge in [-0.3, -0.25) is 8.86 Å². The fourth-order valence-electron chi connectivity index (χ4n) is 1.19. The molecule has 0 radical (unpaired) electrons. The van der Waals surface area contributed by atoms with Crippen molar-refractivity contribution in [2.24, 2.45) is 0 Å². The summed E-state index contributed by atoms with van der Waals surface area (Å²) in [7, 11) is 1.59. The van der Waals surface area contributed by atoms with Gasteiger partial charge in [-0.1, -0.05) is 12.1 Å². The van der Waals surface area contributed by atoms with Gasteiger partial charge in [0.25, 0.3) is 11.3 Å². The molecule has 0 aliphatic carbocycles. The lowest BCUT2D eigenvalue weighted by atomic mass is 10.2. The van der Waals surface area contributed by atoms with E-state index in [0.717, 1.165) is 15.6 Å². The van der Waals surface area contributed by atoms with Gasteiger partial charge in [-0.2, -0.15) is 0 Å². The predicted molar refractivity (Wildman–Crippen MR) is 66.6 cm³/mol. The molecular formula is C11H15NO4S. The minimum atomic E-state index is -2.12. The monoisotopic (exact) mass is 257 g/mol. The largest absolute Gasteiger partial charge is 0.497 e. The minimum Gasteiger partial charge on any atom is -0.497 e. The maximum atomic E-state index is 10.9. The number of methoxy groups -OCH3 is 1. The van der Waals surface area contributed by atoms with Gasteiger partial charge in [0.05, 0.1) is 20.3 Å². The van der Waals surface area contributed by atoms with Gasteiger partial charge in [-0.05, 0) is 23.8 Å². The molecule has 0 saturated carbocycles. The zero-order valence-corrected chi connectivity index (χ0v) is 10.3. The molecule has 1 aromatic rings. The maximum Gasteiger partial charge on any atom is 0.261 e. The van der Waals surface area contributed by atoms with E-state index in [1.54, 1.807) is 25.3 Å². The Morgan fingerprint density at radius 3 is 2.53 bits per heavy atom. The number of ether oxygens (including phenoxy) is 1. The van der Waals surface area contributed by atoms with Gasteiger partial charge in [-0.15, -0.1) is 0 Å². The second kappa shape index (κ2) is 7.05. The Hall–Kier alpha value is -1.37. The van der Waals surface area contributed by atoms with E-state index in [9.17, 15) is 4.21 Å². The standard InChI is InChI=1S/C11H15NO4S/c1-16-11-4-2-10(3-5-11)6-7-12(8-9-13)17(14)15/h2-7,13H,8-9H2,1H3,(H,14,15). The van der Waals surface area contributed by atoms with Gasteiger partial charge >= 0.3 is 0 Å². The first-order valence-electron chi connectivity index (χ1n) is 4.98. The molecule has 5 nitrogen and oxygen atoms in total. The third-order valence-electron chi connectivity index (χ3n) is 2.07. The third-order valence-corrected chi connectivity index (χ3v) is 2.78. The Labute approximate surface area is 103 Å². The summed E-state index contributed by atoms with van der Waals surface area (Å²) in [6.45, 7) is -0.0744. The Morgan fingerprint density at radius 1 is 1.41 bits per heavy atom. The molecule has 0 amide bonds. The highest BCUT2D eigenvalue weighted by Crippen LogP contribution is 2.12. The van der Waals surface area contributed by atoms with Crippen LogP contribution in [0.1, 0.15) is 5.56 Å². The van der Waals surface area contributed by atoms with Crippen molar-refractivity contribution in [1.29, 1.82) is 0 Å². The second-order valence-corrected chi connectivity index (χ2v) is 4.11. The molecule has 1 rings (SSSR count). The van der Waals surface area contributed by atoms with Crippen molar-refractivity contribution in [1.82, 2.24) is 4.31 Å². The van der Waals surface area contributed by atoms with Crippen LogP contribution in [0.5, 0.6) is 5.75 Å². The van der Waals surface area contributed by atoms with E-state index >= 15 is 0 Å². The second-order valence-electron chi connectivity index (χ2n) is 3.18. The van der Waals surface area contributed by atoms with Crippen LogP contribution < -0.4 is 4.74 Å². The van der Waals surface area contributed by atoms with Gasteiger partial charge in [0.2, 0.25) is 0 Å². The van der Waals surface area contributed by atoms with Crippen molar-refractivity contribution in [3.05, 3.63) is 36.0 Å². The number of aliphatic hydroxyl groups is 1. The van der Waals surface area contributed by atoms with Gasteiger partial charge < -0.3 is 9.84 Å². The highest BCUT2D eigenvalue weighted by molar-refractivity contribution is 7.76. The Morgan fingerprint density at radius 2 is 2.06 bits per heavy atom. The van der Waals surface area contributed by atoms with Crippen molar-refractivity contribution < 1.29 is 18.6 Å². The first-order chi connectivity index (χ1) is 8.17. The van der Waals surface area contributed by atoms with Crippen molar-refractivity contribution in [3.8, 4) is 5.75 Å². The minimum absolute atomic E-state index is 0.107. The number of hydrogen-bond donors (Lipinski definition) is 2. The third kappa shape index (κ3) is 4.56. The Bertz CT molecular complexity index is 391. The summed E-state index contributed by atoms with van der Waals surface area (Å²) in [4.78, 5) is 0. The lowest BCUT2D eigenvalue weighted by Gasteiger charge is -2.12. The molecule has 6 heteroatoms. The number of benzene rings is 1. The van der Waals surface area contributed by atoms with Crippen LogP contribution in [-0.4, -0.2) is 38.4 Å². The van der Waals surface area contributed by atoms with Gasteiger partial charge in [0, 0.05) is 6.20 Å². The topological polar surface area (TPSA) is 70.0 Å². The first kappa shape index (κ1) is 13.7. The lowest BCUT2D eigenvalue weighted by molar-refractivity contribution is 0.272. The van der Waals surface area contributed by atoms with Crippen LogP contribution in [0.4, 0.5) is 0 Å². The smallest absolute Gasteiger partial charge is 0.261 e. The van der Waals surface area contributed by atoms with Crippen molar-refractivity contribution in [2.75, 3.05) is 20.3 Å². The normalized spacial score (nSPS) is 12.6. The molecule has 0 aromatic heterocycles. The molecular weight excluding hydrogens is 242 g/mol.